The number of nitro benzene ring substituents is 1. The SMILES string of the molecule is C[C@@H]1CCCCN1C(=O)Cn1cnc(-c2cccc([N+](=O)[O-])c2)n1. The van der Waals surface area contributed by atoms with Gasteiger partial charge < -0.3 is 4.90 Å². The molecule has 2 aromatic rings. The quantitative estimate of drug-likeness (QED) is 0.633. The lowest BCUT2D eigenvalue weighted by atomic mass is 10.0. The van der Waals surface area contributed by atoms with Crippen LogP contribution in [0.3, 0.4) is 0 Å². The molecule has 1 aliphatic heterocycles. The first kappa shape index (κ1) is 16.1. The van der Waals surface area contributed by atoms with Crippen molar-refractivity contribution in [1.29, 1.82) is 0 Å². The number of hydrogen-bond acceptors (Lipinski definition) is 5. The zero-order valence-electron chi connectivity index (χ0n) is 13.5. The van der Waals surface area contributed by atoms with Gasteiger partial charge in [0.05, 0.1) is 4.92 Å². The number of rotatable bonds is 4. The molecule has 0 saturated carbocycles. The second kappa shape index (κ2) is 6.77. The number of nitrogens with zero attached hydrogens (tertiary/aromatic N) is 5. The predicted molar refractivity (Wildman–Crippen MR) is 87.1 cm³/mol. The molecule has 3 rings (SSSR count). The van der Waals surface area contributed by atoms with Gasteiger partial charge in [0.25, 0.3) is 5.69 Å². The van der Waals surface area contributed by atoms with Gasteiger partial charge in [-0.1, -0.05) is 12.1 Å². The third-order valence-corrected chi connectivity index (χ3v) is 4.27. The molecule has 1 aliphatic rings. The van der Waals surface area contributed by atoms with Gasteiger partial charge in [0, 0.05) is 30.3 Å². The molecule has 1 atom stereocenters. The van der Waals surface area contributed by atoms with Crippen LogP contribution in [0.1, 0.15) is 26.2 Å². The second-order valence-corrected chi connectivity index (χ2v) is 6.01. The smallest absolute Gasteiger partial charge is 0.270 e. The highest BCUT2D eigenvalue weighted by Crippen LogP contribution is 2.21. The summed E-state index contributed by atoms with van der Waals surface area (Å²) in [6.45, 7) is 2.98. The molecule has 0 unspecified atom stereocenters. The molecule has 1 amide bonds. The van der Waals surface area contributed by atoms with E-state index in [4.69, 9.17) is 0 Å². The molecule has 8 nitrogen and oxygen atoms in total. The van der Waals surface area contributed by atoms with Gasteiger partial charge in [0.1, 0.15) is 12.9 Å². The summed E-state index contributed by atoms with van der Waals surface area (Å²) >= 11 is 0. The lowest BCUT2D eigenvalue weighted by Crippen LogP contribution is -2.43. The largest absolute Gasteiger partial charge is 0.338 e. The van der Waals surface area contributed by atoms with E-state index in [0.717, 1.165) is 25.8 Å². The molecule has 24 heavy (non-hydrogen) atoms. The van der Waals surface area contributed by atoms with Gasteiger partial charge in [0.15, 0.2) is 5.82 Å². The number of carbonyl (C=O) groups excluding carboxylic acids is 1. The molecule has 1 aromatic heterocycles. The summed E-state index contributed by atoms with van der Waals surface area (Å²) in [7, 11) is 0. The molecule has 8 heteroatoms. The van der Waals surface area contributed by atoms with Crippen LogP contribution < -0.4 is 0 Å². The van der Waals surface area contributed by atoms with Crippen molar-refractivity contribution in [1.82, 2.24) is 19.7 Å². The predicted octanol–water partition coefficient (Wildman–Crippen LogP) is 2.25. The van der Waals surface area contributed by atoms with Crippen LogP contribution in [0.4, 0.5) is 5.69 Å². The molecule has 0 radical (unpaired) electrons. The molecule has 0 spiro atoms. The Bertz CT molecular complexity index is 758. The molecule has 1 saturated heterocycles. The number of aromatic nitrogens is 3. The van der Waals surface area contributed by atoms with Crippen molar-refractivity contribution in [3.8, 4) is 11.4 Å². The highest BCUT2D eigenvalue weighted by Gasteiger charge is 2.23. The number of piperidine rings is 1. The molecular weight excluding hydrogens is 310 g/mol. The Labute approximate surface area is 139 Å². The Hall–Kier alpha value is -2.77. The van der Waals surface area contributed by atoms with Crippen LogP contribution in [0, 0.1) is 10.1 Å². The molecule has 0 aliphatic carbocycles. The minimum Gasteiger partial charge on any atom is -0.338 e. The molecule has 1 fully saturated rings. The first-order valence-corrected chi connectivity index (χ1v) is 7.98. The van der Waals surface area contributed by atoms with Gasteiger partial charge in [-0.25, -0.2) is 9.67 Å². The normalized spacial score (nSPS) is 17.7. The van der Waals surface area contributed by atoms with Crippen molar-refractivity contribution in [3.63, 3.8) is 0 Å². The highest BCUT2D eigenvalue weighted by atomic mass is 16.6. The van der Waals surface area contributed by atoms with Crippen LogP contribution in [0.15, 0.2) is 30.6 Å². The summed E-state index contributed by atoms with van der Waals surface area (Å²) in [5.74, 6) is 0.399. The monoisotopic (exact) mass is 329 g/mol. The van der Waals surface area contributed by atoms with Gasteiger partial charge >= 0.3 is 0 Å². The standard InChI is InChI=1S/C16H19N5O3/c1-12-5-2-3-8-20(12)15(22)10-19-11-17-16(18-19)13-6-4-7-14(9-13)21(23)24/h4,6-7,9,11-12H,2-3,5,8,10H2,1H3/t12-/m1/s1. The fraction of sp³-hybridized carbons (Fsp3) is 0.438. The number of likely N-dealkylation sites (tertiary alicyclic amines) is 1. The zero-order chi connectivity index (χ0) is 17.1. The summed E-state index contributed by atoms with van der Waals surface area (Å²) in [6, 6.07) is 6.40. The number of hydrogen-bond donors (Lipinski definition) is 0. The minimum absolute atomic E-state index is 0.0120. The van der Waals surface area contributed by atoms with Gasteiger partial charge in [-0.15, -0.1) is 0 Å². The van der Waals surface area contributed by atoms with Crippen LogP contribution in [-0.2, 0) is 11.3 Å². The first-order chi connectivity index (χ1) is 11.5. The summed E-state index contributed by atoms with van der Waals surface area (Å²) in [5.41, 5.74) is 0.545. The fourth-order valence-electron chi connectivity index (χ4n) is 2.96. The van der Waals surface area contributed by atoms with Crippen molar-refractivity contribution >= 4 is 11.6 Å². The maximum atomic E-state index is 12.4. The molecule has 1 aromatic carbocycles. The third-order valence-electron chi connectivity index (χ3n) is 4.27. The first-order valence-electron chi connectivity index (χ1n) is 7.98. The van der Waals surface area contributed by atoms with Crippen molar-refractivity contribution in [2.75, 3.05) is 6.54 Å². The Morgan fingerprint density at radius 2 is 2.25 bits per heavy atom. The van der Waals surface area contributed by atoms with Crippen molar-refractivity contribution in [2.24, 2.45) is 0 Å². The third kappa shape index (κ3) is 3.42. The van der Waals surface area contributed by atoms with E-state index in [1.165, 1.54) is 23.1 Å². The van der Waals surface area contributed by atoms with Gasteiger partial charge in [-0.2, -0.15) is 5.10 Å². The average molecular weight is 329 g/mol. The zero-order valence-corrected chi connectivity index (χ0v) is 13.5. The Kier molecular flexibility index (Phi) is 4.54. The summed E-state index contributed by atoms with van der Waals surface area (Å²) in [4.78, 5) is 28.9. The maximum Gasteiger partial charge on any atom is 0.270 e. The number of amides is 1. The highest BCUT2D eigenvalue weighted by molar-refractivity contribution is 5.76. The van der Waals surface area contributed by atoms with E-state index in [1.807, 2.05) is 4.90 Å². The summed E-state index contributed by atoms with van der Waals surface area (Å²) < 4.78 is 1.48. The molecule has 0 bridgehead atoms. The number of carbonyl (C=O) groups is 1. The molecular formula is C16H19N5O3. The van der Waals surface area contributed by atoms with Crippen LogP contribution in [0.25, 0.3) is 11.4 Å². The molecule has 126 valence electrons. The van der Waals surface area contributed by atoms with Crippen molar-refractivity contribution in [2.45, 2.75) is 38.8 Å². The average Bonchev–Trinajstić information content (AvgIpc) is 3.04. The van der Waals surface area contributed by atoms with E-state index in [-0.39, 0.29) is 24.2 Å². The lowest BCUT2D eigenvalue weighted by molar-refractivity contribution is -0.384. The Balaban J connectivity index is 1.72. The van der Waals surface area contributed by atoms with Crippen molar-refractivity contribution in [3.05, 3.63) is 40.7 Å². The number of non-ortho nitro benzene ring substituents is 1. The van der Waals surface area contributed by atoms with E-state index in [2.05, 4.69) is 17.0 Å². The van der Waals surface area contributed by atoms with Crippen LogP contribution >= 0.6 is 0 Å². The topological polar surface area (TPSA) is 94.2 Å². The van der Waals surface area contributed by atoms with E-state index in [0.29, 0.717) is 11.4 Å². The van der Waals surface area contributed by atoms with Gasteiger partial charge in [0.2, 0.25) is 5.91 Å². The Morgan fingerprint density at radius 3 is 3.00 bits per heavy atom. The minimum atomic E-state index is -0.457. The number of nitro groups is 1. The van der Waals surface area contributed by atoms with Crippen LogP contribution in [0.5, 0.6) is 0 Å². The van der Waals surface area contributed by atoms with Gasteiger partial charge in [-0.05, 0) is 26.2 Å². The molecule has 2 heterocycles. The van der Waals surface area contributed by atoms with Crippen LogP contribution in [0.2, 0.25) is 0 Å². The van der Waals surface area contributed by atoms with E-state index in [9.17, 15) is 14.9 Å². The van der Waals surface area contributed by atoms with Crippen molar-refractivity contribution < 1.29 is 9.72 Å². The van der Waals surface area contributed by atoms with E-state index >= 15 is 0 Å². The second-order valence-electron chi connectivity index (χ2n) is 6.01. The lowest BCUT2D eigenvalue weighted by Gasteiger charge is -2.33. The summed E-state index contributed by atoms with van der Waals surface area (Å²) in [5, 5.41) is 15.1. The van der Waals surface area contributed by atoms with E-state index < -0.39 is 4.92 Å². The summed E-state index contributed by atoms with van der Waals surface area (Å²) in [6.07, 6.45) is 4.71. The van der Waals surface area contributed by atoms with E-state index in [1.54, 1.807) is 12.1 Å². The maximum absolute atomic E-state index is 12.4. The molecule has 0 N–H and O–H groups in total. The fourth-order valence-corrected chi connectivity index (χ4v) is 2.96. The Morgan fingerprint density at radius 1 is 1.42 bits per heavy atom. The van der Waals surface area contributed by atoms with Crippen LogP contribution in [-0.4, -0.2) is 43.1 Å². The number of benzene rings is 1. The van der Waals surface area contributed by atoms with Gasteiger partial charge in [-0.3, -0.25) is 14.9 Å².